The first kappa shape index (κ1) is 7.91. The van der Waals surface area contributed by atoms with Crippen LogP contribution in [-0.2, 0) is 4.79 Å². The van der Waals surface area contributed by atoms with Gasteiger partial charge in [0.1, 0.15) is 0 Å². The van der Waals surface area contributed by atoms with Gasteiger partial charge in [0.15, 0.2) is 4.87 Å². The Morgan fingerprint density at radius 2 is 2.27 bits per heavy atom. The number of hydrogen-bond donors (Lipinski definition) is 0. The first-order valence-electron chi connectivity index (χ1n) is 3.57. The summed E-state index contributed by atoms with van der Waals surface area (Å²) in [4.78, 5) is 22.3. The van der Waals surface area contributed by atoms with E-state index in [1.807, 2.05) is 13.8 Å². The summed E-state index contributed by atoms with van der Waals surface area (Å²) in [7, 11) is 0. The van der Waals surface area contributed by atoms with Crippen molar-refractivity contribution in [2.75, 3.05) is 6.54 Å². The summed E-state index contributed by atoms with van der Waals surface area (Å²) in [6.07, 6.45) is 2.50. The highest BCUT2D eigenvalue weighted by Crippen LogP contribution is 2.05. The van der Waals surface area contributed by atoms with Gasteiger partial charge in [0, 0.05) is 0 Å². The lowest BCUT2D eigenvalue weighted by Crippen LogP contribution is -2.33. The van der Waals surface area contributed by atoms with Gasteiger partial charge in [-0.05, 0) is 5.92 Å². The molecule has 0 aromatic heterocycles. The van der Waals surface area contributed by atoms with E-state index in [4.69, 9.17) is 0 Å². The van der Waals surface area contributed by atoms with Gasteiger partial charge in [-0.2, -0.15) is 0 Å². The third-order valence-corrected chi connectivity index (χ3v) is 1.38. The second-order valence-corrected chi connectivity index (χ2v) is 2.93. The highest BCUT2D eigenvalue weighted by atomic mass is 16.3. The van der Waals surface area contributed by atoms with Crippen LogP contribution >= 0.6 is 0 Å². The summed E-state index contributed by atoms with van der Waals surface area (Å²) in [5.41, 5.74) is 0. The van der Waals surface area contributed by atoms with E-state index in [9.17, 15) is 9.70 Å². The summed E-state index contributed by atoms with van der Waals surface area (Å²) >= 11 is 0. The maximum atomic E-state index is 10.9. The number of carbonyl (C=O) groups excluding carboxylic acids is 1. The van der Waals surface area contributed by atoms with E-state index in [0.29, 0.717) is 17.3 Å². The van der Waals surface area contributed by atoms with Crippen molar-refractivity contribution in [2.45, 2.75) is 13.8 Å². The Balaban J connectivity index is 2.59. The van der Waals surface area contributed by atoms with Gasteiger partial charge in [0.25, 0.3) is 6.20 Å². The van der Waals surface area contributed by atoms with Crippen molar-refractivity contribution < 1.29 is 9.66 Å². The third kappa shape index (κ3) is 1.63. The van der Waals surface area contributed by atoms with E-state index < -0.39 is 0 Å². The molecular weight excluding hydrogens is 144 g/mol. The van der Waals surface area contributed by atoms with Gasteiger partial charge in [-0.1, -0.05) is 18.9 Å². The number of rotatable bonds is 2. The van der Waals surface area contributed by atoms with Crippen molar-refractivity contribution in [3.63, 3.8) is 0 Å². The van der Waals surface area contributed by atoms with Crippen LogP contribution in [0.2, 0.25) is 0 Å². The Morgan fingerprint density at radius 3 is 2.64 bits per heavy atom. The summed E-state index contributed by atoms with van der Waals surface area (Å²) < 4.78 is 0. The molecule has 1 aliphatic rings. The molecule has 1 heterocycles. The molecular formula is C7H11N2O2+. The summed E-state index contributed by atoms with van der Waals surface area (Å²) in [6, 6.07) is 0. The van der Waals surface area contributed by atoms with Gasteiger partial charge in [0.05, 0.1) is 17.5 Å². The van der Waals surface area contributed by atoms with Crippen LogP contribution in [-0.4, -0.2) is 22.3 Å². The first-order valence-corrected chi connectivity index (χ1v) is 3.57. The lowest BCUT2D eigenvalue weighted by atomic mass is 10.2. The summed E-state index contributed by atoms with van der Waals surface area (Å²) in [5, 5.41) is 1.17. The Bertz CT molecular complexity index is 202. The molecule has 4 nitrogen and oxygen atoms in total. The Kier molecular flexibility index (Phi) is 2.03. The van der Waals surface area contributed by atoms with Crippen molar-refractivity contribution in [2.24, 2.45) is 5.92 Å². The average Bonchev–Trinajstić information content (AvgIpc) is 2.18. The molecule has 0 aliphatic carbocycles. The van der Waals surface area contributed by atoms with Crippen LogP contribution in [0.3, 0.4) is 0 Å². The normalized spacial score (nSPS) is 17.2. The quantitative estimate of drug-likeness (QED) is 0.550. The molecule has 1 aliphatic heterocycles. The minimum absolute atomic E-state index is 0.228. The second-order valence-electron chi connectivity index (χ2n) is 2.93. The zero-order chi connectivity index (χ0) is 8.43. The van der Waals surface area contributed by atoms with Gasteiger partial charge < -0.3 is 0 Å². The van der Waals surface area contributed by atoms with E-state index >= 15 is 0 Å². The summed E-state index contributed by atoms with van der Waals surface area (Å²) in [6.45, 7) is 4.40. The number of nitroso groups, excluding NO2 is 1. The predicted octanol–water partition coefficient (Wildman–Crippen LogP) is 0.692. The molecule has 0 aromatic rings. The highest BCUT2D eigenvalue weighted by molar-refractivity contribution is 5.87. The monoisotopic (exact) mass is 155 g/mol. The van der Waals surface area contributed by atoms with Crippen molar-refractivity contribution >= 4 is 5.91 Å². The van der Waals surface area contributed by atoms with Gasteiger partial charge in [-0.3, -0.25) is 4.79 Å². The molecule has 1 amide bonds. The lowest BCUT2D eigenvalue weighted by Gasteiger charge is -2.07. The molecule has 0 bridgehead atoms. The standard InChI is InChI=1S/C7H11N2O2/c1-6(2)5-8-7(10)3-4-9(8)11/h3-4,6H,5H2,1-2H3/q+1. The zero-order valence-corrected chi connectivity index (χ0v) is 6.65. The number of amides is 1. The van der Waals surface area contributed by atoms with Crippen LogP contribution in [0, 0.1) is 10.8 Å². The van der Waals surface area contributed by atoms with Crippen molar-refractivity contribution in [3.05, 3.63) is 17.2 Å². The van der Waals surface area contributed by atoms with Gasteiger partial charge in [0.2, 0.25) is 0 Å². The molecule has 0 spiro atoms. The maximum Gasteiger partial charge on any atom is 0.312 e. The van der Waals surface area contributed by atoms with E-state index in [2.05, 4.69) is 0 Å². The molecule has 0 N–H and O–H groups in total. The second kappa shape index (κ2) is 2.82. The predicted molar refractivity (Wildman–Crippen MR) is 39.3 cm³/mol. The van der Waals surface area contributed by atoms with Gasteiger partial charge in [-0.25, -0.2) is 0 Å². The van der Waals surface area contributed by atoms with Gasteiger partial charge in [-0.15, -0.1) is 0 Å². The molecule has 11 heavy (non-hydrogen) atoms. The van der Waals surface area contributed by atoms with Crippen molar-refractivity contribution in [1.82, 2.24) is 5.01 Å². The SMILES string of the molecule is CC(C)CN1C(=O)C=C[N+]1=O. The molecule has 0 saturated heterocycles. The Hall–Kier alpha value is -1.19. The van der Waals surface area contributed by atoms with E-state index in [1.165, 1.54) is 17.3 Å². The number of nitrogens with zero attached hydrogens (tertiary/aromatic N) is 2. The van der Waals surface area contributed by atoms with E-state index in [1.54, 1.807) is 0 Å². The lowest BCUT2D eigenvalue weighted by molar-refractivity contribution is -0.627. The average molecular weight is 155 g/mol. The van der Waals surface area contributed by atoms with Crippen molar-refractivity contribution in [3.8, 4) is 0 Å². The fourth-order valence-electron chi connectivity index (χ4n) is 0.907. The molecule has 0 unspecified atom stereocenters. The molecule has 0 aromatic carbocycles. The smallest absolute Gasteiger partial charge is 0.263 e. The number of carbonyl (C=O) groups is 1. The topological polar surface area (TPSA) is 40.4 Å². The molecule has 1 rings (SSSR count). The fraction of sp³-hybridized carbons (Fsp3) is 0.571. The fourth-order valence-corrected chi connectivity index (χ4v) is 0.907. The van der Waals surface area contributed by atoms with Crippen LogP contribution < -0.4 is 0 Å². The van der Waals surface area contributed by atoms with Crippen LogP contribution in [0.5, 0.6) is 0 Å². The molecule has 4 heteroatoms. The van der Waals surface area contributed by atoms with Crippen LogP contribution in [0.25, 0.3) is 0 Å². The largest absolute Gasteiger partial charge is 0.312 e. The number of hydrazine groups is 1. The highest BCUT2D eigenvalue weighted by Gasteiger charge is 2.31. The van der Waals surface area contributed by atoms with Gasteiger partial charge >= 0.3 is 5.91 Å². The first-order chi connectivity index (χ1) is 5.11. The third-order valence-electron chi connectivity index (χ3n) is 1.38. The minimum atomic E-state index is -0.228. The Labute approximate surface area is 65.0 Å². The minimum Gasteiger partial charge on any atom is -0.263 e. The molecule has 0 fully saturated rings. The van der Waals surface area contributed by atoms with Crippen LogP contribution in [0.1, 0.15) is 13.8 Å². The summed E-state index contributed by atoms with van der Waals surface area (Å²) in [5.74, 6) is 0.0870. The molecule has 0 radical (unpaired) electrons. The van der Waals surface area contributed by atoms with E-state index in [0.717, 1.165) is 0 Å². The van der Waals surface area contributed by atoms with E-state index in [-0.39, 0.29) is 5.91 Å². The maximum absolute atomic E-state index is 10.9. The number of hydrogen-bond acceptors (Lipinski definition) is 2. The zero-order valence-electron chi connectivity index (χ0n) is 6.65. The molecule has 0 atom stereocenters. The molecule has 60 valence electrons. The Morgan fingerprint density at radius 1 is 1.64 bits per heavy atom. The molecule has 0 saturated carbocycles. The van der Waals surface area contributed by atoms with Crippen LogP contribution in [0.4, 0.5) is 0 Å². The van der Waals surface area contributed by atoms with Crippen LogP contribution in [0.15, 0.2) is 12.3 Å². The van der Waals surface area contributed by atoms with Crippen molar-refractivity contribution in [1.29, 1.82) is 0 Å².